The van der Waals surface area contributed by atoms with E-state index in [-0.39, 0.29) is 18.1 Å². The number of carbonyl (C=O) groups excluding carboxylic acids is 1. The minimum atomic E-state index is -0.497. The number of carbonyl (C=O) groups is 1. The molecule has 138 valence electrons. The van der Waals surface area contributed by atoms with Gasteiger partial charge in [0.15, 0.2) is 12.4 Å². The van der Waals surface area contributed by atoms with Crippen molar-refractivity contribution < 1.29 is 14.5 Å². The second kappa shape index (κ2) is 7.69. The maximum Gasteiger partial charge on any atom is 0.276 e. The molecule has 3 aromatic rings. The topological polar surface area (TPSA) is 99.3 Å². The zero-order chi connectivity index (χ0) is 19.4. The predicted octanol–water partition coefficient (Wildman–Crippen LogP) is 3.70. The Morgan fingerprint density at radius 2 is 1.81 bits per heavy atom. The molecule has 3 rings (SSSR count). The van der Waals surface area contributed by atoms with E-state index < -0.39 is 10.8 Å². The molecule has 0 aliphatic rings. The van der Waals surface area contributed by atoms with E-state index in [1.807, 2.05) is 26.0 Å². The molecule has 0 spiro atoms. The number of aromatic nitrogens is 2. The Morgan fingerprint density at radius 1 is 1.15 bits per heavy atom. The molecular formula is C19H18N4O4. The molecular weight excluding hydrogens is 348 g/mol. The summed E-state index contributed by atoms with van der Waals surface area (Å²) in [6.07, 6.45) is 1.65. The van der Waals surface area contributed by atoms with Crippen molar-refractivity contribution in [3.8, 4) is 5.75 Å². The normalized spacial score (nSPS) is 10.4. The highest BCUT2D eigenvalue weighted by molar-refractivity contribution is 6.02. The molecule has 0 fully saturated rings. The molecule has 0 aliphatic heterocycles. The molecule has 1 aromatic heterocycles. The lowest BCUT2D eigenvalue weighted by atomic mass is 10.1. The Hall–Kier alpha value is -3.68. The van der Waals surface area contributed by atoms with E-state index in [0.29, 0.717) is 5.69 Å². The largest absolute Gasteiger partial charge is 0.471 e. The van der Waals surface area contributed by atoms with Crippen molar-refractivity contribution in [3.05, 3.63) is 81.7 Å². The third-order valence-electron chi connectivity index (χ3n) is 3.77. The van der Waals surface area contributed by atoms with Gasteiger partial charge in [0.05, 0.1) is 4.92 Å². The van der Waals surface area contributed by atoms with Gasteiger partial charge >= 0.3 is 0 Å². The van der Waals surface area contributed by atoms with Gasteiger partial charge in [-0.25, -0.2) is 4.68 Å². The molecule has 0 aliphatic carbocycles. The van der Waals surface area contributed by atoms with Crippen LogP contribution in [0.25, 0.3) is 0 Å². The molecule has 1 N–H and O–H groups in total. The fourth-order valence-electron chi connectivity index (χ4n) is 2.57. The summed E-state index contributed by atoms with van der Waals surface area (Å²) in [7, 11) is 0. The number of amides is 1. The van der Waals surface area contributed by atoms with E-state index in [1.165, 1.54) is 28.9 Å². The maximum absolute atomic E-state index is 12.2. The Balaban J connectivity index is 1.60. The number of aryl methyl sites for hydroxylation is 2. The highest BCUT2D eigenvalue weighted by atomic mass is 16.6. The lowest BCUT2D eigenvalue weighted by Crippen LogP contribution is -2.14. The van der Waals surface area contributed by atoms with E-state index in [2.05, 4.69) is 16.5 Å². The van der Waals surface area contributed by atoms with Crippen molar-refractivity contribution in [2.45, 2.75) is 20.6 Å². The van der Waals surface area contributed by atoms with Crippen molar-refractivity contribution in [2.24, 2.45) is 0 Å². The number of non-ortho nitro benzene ring substituents is 1. The van der Waals surface area contributed by atoms with Crippen molar-refractivity contribution in [1.82, 2.24) is 9.78 Å². The molecule has 0 unspecified atom stereocenters. The smallest absolute Gasteiger partial charge is 0.276 e. The van der Waals surface area contributed by atoms with Crippen molar-refractivity contribution >= 4 is 17.3 Å². The van der Waals surface area contributed by atoms with Crippen LogP contribution in [0.1, 0.15) is 21.6 Å². The second-order valence-electron chi connectivity index (χ2n) is 6.10. The summed E-state index contributed by atoms with van der Waals surface area (Å²) in [6.45, 7) is 4.16. The molecule has 0 bridgehead atoms. The van der Waals surface area contributed by atoms with E-state index in [0.717, 1.165) is 16.9 Å². The summed E-state index contributed by atoms with van der Waals surface area (Å²) < 4.78 is 7.22. The number of rotatable bonds is 6. The average Bonchev–Trinajstić information content (AvgIpc) is 3.09. The standard InChI is InChI=1S/C19H18N4O4/c1-13-9-14(2)11-17(10-13)27-12-22-8-7-18(21-22)19(24)20-15-3-5-16(6-4-15)23(25)26/h3-11H,12H2,1-2H3,(H,20,24). The van der Waals surface area contributed by atoms with Crippen LogP contribution in [0.2, 0.25) is 0 Å². The lowest BCUT2D eigenvalue weighted by molar-refractivity contribution is -0.384. The highest BCUT2D eigenvalue weighted by Gasteiger charge is 2.11. The zero-order valence-corrected chi connectivity index (χ0v) is 14.9. The fourth-order valence-corrected chi connectivity index (χ4v) is 2.57. The van der Waals surface area contributed by atoms with Crippen LogP contribution in [0.3, 0.4) is 0 Å². The first-order chi connectivity index (χ1) is 12.9. The van der Waals surface area contributed by atoms with Gasteiger partial charge in [-0.2, -0.15) is 5.10 Å². The number of nitrogens with one attached hydrogen (secondary N) is 1. The van der Waals surface area contributed by atoms with Gasteiger partial charge in [-0.3, -0.25) is 14.9 Å². The summed E-state index contributed by atoms with van der Waals surface area (Å²) >= 11 is 0. The predicted molar refractivity (Wildman–Crippen MR) is 99.8 cm³/mol. The molecule has 1 amide bonds. The number of nitro groups is 1. The first-order valence-electron chi connectivity index (χ1n) is 8.21. The van der Waals surface area contributed by atoms with Crippen LogP contribution in [0.15, 0.2) is 54.7 Å². The van der Waals surface area contributed by atoms with Gasteiger partial charge in [-0.15, -0.1) is 0 Å². The van der Waals surface area contributed by atoms with Crippen molar-refractivity contribution in [3.63, 3.8) is 0 Å². The lowest BCUT2D eigenvalue weighted by Gasteiger charge is -2.08. The van der Waals surface area contributed by atoms with Gasteiger partial charge in [-0.05, 0) is 55.3 Å². The minimum absolute atomic E-state index is 0.0409. The Kier molecular flexibility index (Phi) is 5.16. The second-order valence-corrected chi connectivity index (χ2v) is 6.10. The molecule has 0 radical (unpaired) electrons. The Morgan fingerprint density at radius 3 is 2.44 bits per heavy atom. The van der Waals surface area contributed by atoms with Crippen molar-refractivity contribution in [1.29, 1.82) is 0 Å². The van der Waals surface area contributed by atoms with Gasteiger partial charge in [0.2, 0.25) is 0 Å². The molecule has 1 heterocycles. The van der Waals surface area contributed by atoms with Crippen LogP contribution in [-0.4, -0.2) is 20.6 Å². The SMILES string of the molecule is Cc1cc(C)cc(OCn2ccc(C(=O)Nc3ccc([N+](=O)[O-])cc3)n2)c1. The molecule has 2 aromatic carbocycles. The molecule has 8 nitrogen and oxygen atoms in total. The monoisotopic (exact) mass is 366 g/mol. The Bertz CT molecular complexity index is 959. The van der Waals surface area contributed by atoms with Crippen LogP contribution in [-0.2, 0) is 6.73 Å². The van der Waals surface area contributed by atoms with Crippen molar-refractivity contribution in [2.75, 3.05) is 5.32 Å². The number of hydrogen-bond acceptors (Lipinski definition) is 5. The van der Waals surface area contributed by atoms with Crippen LogP contribution in [0.4, 0.5) is 11.4 Å². The summed E-state index contributed by atoms with van der Waals surface area (Å²) in [4.78, 5) is 22.4. The highest BCUT2D eigenvalue weighted by Crippen LogP contribution is 2.17. The summed E-state index contributed by atoms with van der Waals surface area (Å²) in [5.74, 6) is 0.328. The van der Waals surface area contributed by atoms with Crippen LogP contribution in [0.5, 0.6) is 5.75 Å². The van der Waals surface area contributed by atoms with E-state index >= 15 is 0 Å². The molecule has 0 atom stereocenters. The number of hydrogen-bond donors (Lipinski definition) is 1. The van der Waals surface area contributed by atoms with Gasteiger partial charge in [0.1, 0.15) is 5.75 Å². The Labute approximate surface area is 155 Å². The van der Waals surface area contributed by atoms with Crippen LogP contribution in [0, 0.1) is 24.0 Å². The van der Waals surface area contributed by atoms with Gasteiger partial charge in [0, 0.05) is 24.0 Å². The summed E-state index contributed by atoms with van der Waals surface area (Å²) in [5.41, 5.74) is 2.84. The van der Waals surface area contributed by atoms with Crippen LogP contribution < -0.4 is 10.1 Å². The molecule has 0 saturated heterocycles. The van der Waals surface area contributed by atoms with E-state index in [1.54, 1.807) is 12.3 Å². The van der Waals surface area contributed by atoms with Gasteiger partial charge < -0.3 is 10.1 Å². The van der Waals surface area contributed by atoms with Gasteiger partial charge in [0.25, 0.3) is 11.6 Å². The number of ether oxygens (including phenoxy) is 1. The number of nitro benzene ring substituents is 1. The third kappa shape index (κ3) is 4.69. The summed E-state index contributed by atoms with van der Waals surface area (Å²) in [6, 6.07) is 13.1. The molecule has 0 saturated carbocycles. The van der Waals surface area contributed by atoms with E-state index in [9.17, 15) is 14.9 Å². The molecule has 8 heteroatoms. The average molecular weight is 366 g/mol. The van der Waals surface area contributed by atoms with E-state index in [4.69, 9.17) is 4.74 Å². The fraction of sp³-hybridized carbons (Fsp3) is 0.158. The first-order valence-corrected chi connectivity index (χ1v) is 8.21. The summed E-state index contributed by atoms with van der Waals surface area (Å²) in [5, 5.41) is 17.5. The van der Waals surface area contributed by atoms with Gasteiger partial charge in [-0.1, -0.05) is 6.07 Å². The number of nitrogens with zero attached hydrogens (tertiary/aromatic N) is 3. The van der Waals surface area contributed by atoms with Crippen LogP contribution >= 0.6 is 0 Å². The zero-order valence-electron chi connectivity index (χ0n) is 14.9. The minimum Gasteiger partial charge on any atom is -0.471 e. The number of benzene rings is 2. The number of anilines is 1. The quantitative estimate of drug-likeness (QED) is 0.530. The molecule has 27 heavy (non-hydrogen) atoms. The maximum atomic E-state index is 12.2. The third-order valence-corrected chi connectivity index (χ3v) is 3.77. The first kappa shape index (κ1) is 18.1.